The summed E-state index contributed by atoms with van der Waals surface area (Å²) in [7, 11) is 0. The van der Waals surface area contributed by atoms with Gasteiger partial charge >= 0.3 is 0 Å². The number of nitrogens with one attached hydrogen (secondary N) is 1. The maximum Gasteiger partial charge on any atom is 0.229 e. The minimum atomic E-state index is -1.01. The number of hydrogen-bond donors (Lipinski definition) is 1. The second kappa shape index (κ2) is 7.73. The van der Waals surface area contributed by atoms with Gasteiger partial charge in [0.1, 0.15) is 5.69 Å². The maximum absolute atomic E-state index is 14.1. The second-order valence-corrected chi connectivity index (χ2v) is 7.01. The van der Waals surface area contributed by atoms with Gasteiger partial charge in [-0.1, -0.05) is 23.3 Å². The molecule has 1 saturated heterocycles. The summed E-state index contributed by atoms with van der Waals surface area (Å²) in [5.74, 6) is -1.75. The maximum atomic E-state index is 14.1. The Hall–Kier alpha value is -2.71. The van der Waals surface area contributed by atoms with E-state index in [0.717, 1.165) is 6.07 Å². The quantitative estimate of drug-likeness (QED) is 0.843. The minimum Gasteiger partial charge on any atom is -0.385 e. The molecule has 0 saturated carbocycles. The molecule has 2 aromatic rings. The van der Waals surface area contributed by atoms with Crippen LogP contribution in [0.1, 0.15) is 25.0 Å². The third-order valence-electron chi connectivity index (χ3n) is 4.74. The smallest absolute Gasteiger partial charge is 0.229 e. The lowest BCUT2D eigenvalue weighted by atomic mass is 10.1. The first-order valence-corrected chi connectivity index (χ1v) is 9.19. The SMILES string of the molecule is O=C1CC(N2C=C(c3ccc(Cl)cn3)ON2)CCCN1c1cccc(F)c1F. The molecule has 0 radical (unpaired) electrons. The van der Waals surface area contributed by atoms with Crippen LogP contribution in [0, 0.1) is 11.6 Å². The molecular weight excluding hydrogens is 390 g/mol. The van der Waals surface area contributed by atoms with Crippen LogP contribution in [0.4, 0.5) is 14.5 Å². The molecule has 1 N–H and O–H groups in total. The van der Waals surface area contributed by atoms with Crippen LogP contribution in [-0.4, -0.2) is 28.5 Å². The largest absolute Gasteiger partial charge is 0.385 e. The van der Waals surface area contributed by atoms with E-state index in [1.165, 1.54) is 23.2 Å². The molecule has 9 heteroatoms. The van der Waals surface area contributed by atoms with Crippen molar-refractivity contribution in [2.45, 2.75) is 25.3 Å². The predicted molar refractivity (Wildman–Crippen MR) is 99.6 cm³/mol. The van der Waals surface area contributed by atoms with Crippen LogP contribution < -0.4 is 10.5 Å². The number of carbonyl (C=O) groups excluding carboxylic acids is 1. The van der Waals surface area contributed by atoms with Gasteiger partial charge in [-0.25, -0.2) is 8.78 Å². The monoisotopic (exact) mass is 406 g/mol. The Balaban J connectivity index is 1.50. The number of aromatic nitrogens is 1. The third-order valence-corrected chi connectivity index (χ3v) is 4.97. The van der Waals surface area contributed by atoms with Crippen LogP contribution in [-0.2, 0) is 9.63 Å². The molecule has 0 spiro atoms. The van der Waals surface area contributed by atoms with Gasteiger partial charge in [0, 0.05) is 19.2 Å². The van der Waals surface area contributed by atoms with Gasteiger partial charge in [0.15, 0.2) is 17.4 Å². The topological polar surface area (TPSA) is 57.7 Å². The van der Waals surface area contributed by atoms with Gasteiger partial charge in [-0.3, -0.25) is 14.8 Å². The van der Waals surface area contributed by atoms with E-state index in [1.54, 1.807) is 23.3 Å². The summed E-state index contributed by atoms with van der Waals surface area (Å²) in [5, 5.41) is 2.22. The third kappa shape index (κ3) is 3.65. The highest BCUT2D eigenvalue weighted by molar-refractivity contribution is 6.30. The number of anilines is 1. The lowest BCUT2D eigenvalue weighted by molar-refractivity contribution is -0.120. The van der Waals surface area contributed by atoms with Crippen molar-refractivity contribution in [1.82, 2.24) is 15.6 Å². The number of hydrazine groups is 1. The highest BCUT2D eigenvalue weighted by Crippen LogP contribution is 2.28. The lowest BCUT2D eigenvalue weighted by Crippen LogP contribution is -2.40. The fraction of sp³-hybridized carbons (Fsp3) is 0.263. The molecule has 1 unspecified atom stereocenters. The molecule has 1 aromatic heterocycles. The summed E-state index contributed by atoms with van der Waals surface area (Å²) in [6.07, 6.45) is 4.68. The van der Waals surface area contributed by atoms with Crippen molar-refractivity contribution < 1.29 is 18.4 Å². The van der Waals surface area contributed by atoms with E-state index >= 15 is 0 Å². The fourth-order valence-electron chi connectivity index (χ4n) is 3.32. The van der Waals surface area contributed by atoms with Gasteiger partial charge in [-0.2, -0.15) is 0 Å². The zero-order valence-corrected chi connectivity index (χ0v) is 15.5. The normalized spacial score (nSPS) is 20.0. The first kappa shape index (κ1) is 18.6. The number of nitrogens with zero attached hydrogens (tertiary/aromatic N) is 3. The van der Waals surface area contributed by atoms with Crippen LogP contribution in [0.2, 0.25) is 5.02 Å². The summed E-state index contributed by atoms with van der Waals surface area (Å²) < 4.78 is 27.7. The summed E-state index contributed by atoms with van der Waals surface area (Å²) in [6, 6.07) is 7.08. The Kier molecular flexibility index (Phi) is 5.15. The number of halogens is 3. The standard InChI is InChI=1S/C19H17ClF2N4O2/c20-12-6-7-15(23-10-12)17-11-26(24-28-17)13-3-2-8-25(18(27)9-13)16-5-1-4-14(21)19(16)22/h1,4-7,10-11,13,24H,2-3,8-9H2. The zero-order valence-electron chi connectivity index (χ0n) is 14.7. The van der Waals surface area contributed by atoms with Crippen molar-refractivity contribution in [3.8, 4) is 0 Å². The Bertz CT molecular complexity index is 923. The number of amides is 1. The number of benzene rings is 1. The molecule has 1 aromatic carbocycles. The van der Waals surface area contributed by atoms with Crippen molar-refractivity contribution in [3.05, 3.63) is 65.1 Å². The highest BCUT2D eigenvalue weighted by atomic mass is 35.5. The Morgan fingerprint density at radius 3 is 2.89 bits per heavy atom. The average molecular weight is 407 g/mol. The van der Waals surface area contributed by atoms with Crippen LogP contribution in [0.3, 0.4) is 0 Å². The number of rotatable bonds is 3. The van der Waals surface area contributed by atoms with Crippen molar-refractivity contribution in [1.29, 1.82) is 0 Å². The number of pyridine rings is 1. The number of hydrogen-bond acceptors (Lipinski definition) is 5. The first-order chi connectivity index (χ1) is 13.5. The van der Waals surface area contributed by atoms with Gasteiger partial charge < -0.3 is 9.74 Å². The van der Waals surface area contributed by atoms with Gasteiger partial charge in [-0.05, 0) is 37.1 Å². The zero-order chi connectivity index (χ0) is 19.7. The van der Waals surface area contributed by atoms with E-state index in [9.17, 15) is 13.6 Å². The van der Waals surface area contributed by atoms with Crippen molar-refractivity contribution in [2.24, 2.45) is 0 Å². The Morgan fingerprint density at radius 2 is 2.11 bits per heavy atom. The molecule has 1 amide bonds. The number of carbonyl (C=O) groups is 1. The predicted octanol–water partition coefficient (Wildman–Crippen LogP) is 3.65. The van der Waals surface area contributed by atoms with Crippen LogP contribution in [0.5, 0.6) is 0 Å². The molecule has 2 aliphatic heterocycles. The van der Waals surface area contributed by atoms with E-state index in [4.69, 9.17) is 16.4 Å². The molecule has 0 bridgehead atoms. The van der Waals surface area contributed by atoms with Gasteiger partial charge in [0.2, 0.25) is 5.91 Å². The fourth-order valence-corrected chi connectivity index (χ4v) is 3.43. The minimum absolute atomic E-state index is 0.0297. The van der Waals surface area contributed by atoms with Crippen molar-refractivity contribution >= 4 is 29.0 Å². The van der Waals surface area contributed by atoms with E-state index in [1.807, 2.05) is 0 Å². The molecule has 146 valence electrons. The van der Waals surface area contributed by atoms with E-state index in [0.29, 0.717) is 35.9 Å². The Morgan fingerprint density at radius 1 is 1.25 bits per heavy atom. The molecule has 0 aliphatic carbocycles. The van der Waals surface area contributed by atoms with Crippen molar-refractivity contribution in [2.75, 3.05) is 11.4 Å². The summed E-state index contributed by atoms with van der Waals surface area (Å²) in [4.78, 5) is 23.7. The van der Waals surface area contributed by atoms with E-state index in [-0.39, 0.29) is 24.1 Å². The first-order valence-electron chi connectivity index (χ1n) is 8.82. The van der Waals surface area contributed by atoms with Crippen molar-refractivity contribution in [3.63, 3.8) is 0 Å². The molecule has 6 nitrogen and oxygen atoms in total. The second-order valence-electron chi connectivity index (χ2n) is 6.57. The van der Waals surface area contributed by atoms with Gasteiger partial charge in [-0.15, -0.1) is 0 Å². The van der Waals surface area contributed by atoms with Crippen LogP contribution in [0.25, 0.3) is 5.76 Å². The van der Waals surface area contributed by atoms with Gasteiger partial charge in [0.25, 0.3) is 0 Å². The summed E-state index contributed by atoms with van der Waals surface area (Å²) in [5.41, 5.74) is 3.35. The van der Waals surface area contributed by atoms with Crippen LogP contribution >= 0.6 is 11.6 Å². The lowest BCUT2D eigenvalue weighted by Gasteiger charge is -2.24. The average Bonchev–Trinajstić information content (AvgIpc) is 3.09. The van der Waals surface area contributed by atoms with E-state index in [2.05, 4.69) is 10.6 Å². The molecular formula is C19H17ClF2N4O2. The highest BCUT2D eigenvalue weighted by Gasteiger charge is 2.31. The van der Waals surface area contributed by atoms with E-state index < -0.39 is 11.6 Å². The molecule has 28 heavy (non-hydrogen) atoms. The van der Waals surface area contributed by atoms with Crippen LogP contribution in [0.15, 0.2) is 42.7 Å². The molecule has 1 fully saturated rings. The summed E-state index contributed by atoms with van der Waals surface area (Å²) >= 11 is 5.85. The summed E-state index contributed by atoms with van der Waals surface area (Å²) in [6.45, 7) is 0.319. The van der Waals surface area contributed by atoms with Gasteiger partial charge in [0.05, 0.1) is 23.0 Å². The molecule has 4 rings (SSSR count). The molecule has 3 heterocycles. The molecule has 2 aliphatic rings. The Labute approximate surface area is 165 Å². The molecule has 1 atom stereocenters.